The van der Waals surface area contributed by atoms with Crippen LogP contribution in [0.25, 0.3) is 0 Å². The number of nitro benzene ring substituents is 1. The molecule has 156 valence electrons. The molecule has 0 aliphatic rings. The molecule has 0 aliphatic carbocycles. The quantitative estimate of drug-likeness (QED) is 0.427. The van der Waals surface area contributed by atoms with Crippen LogP contribution in [-0.4, -0.2) is 33.6 Å². The Labute approximate surface area is 170 Å². The summed E-state index contributed by atoms with van der Waals surface area (Å²) in [6.07, 6.45) is 3.00. The van der Waals surface area contributed by atoms with Crippen molar-refractivity contribution in [2.24, 2.45) is 0 Å². The number of aryl methyl sites for hydroxylation is 1. The average Bonchev–Trinajstić information content (AvgIpc) is 3.41. The van der Waals surface area contributed by atoms with Crippen LogP contribution in [0.3, 0.4) is 0 Å². The van der Waals surface area contributed by atoms with Crippen LogP contribution in [0.5, 0.6) is 5.75 Å². The first-order chi connectivity index (χ1) is 14.4. The minimum Gasteiger partial charge on any atom is -0.490 e. The number of hydrogen-bond donors (Lipinski definition) is 2. The maximum atomic E-state index is 12.6. The number of amides is 2. The van der Waals surface area contributed by atoms with Crippen molar-refractivity contribution in [3.05, 3.63) is 69.9 Å². The van der Waals surface area contributed by atoms with Crippen LogP contribution in [0.4, 0.5) is 11.4 Å². The number of anilines is 1. The largest absolute Gasteiger partial charge is 0.490 e. The monoisotopic (exact) mass is 413 g/mol. The fourth-order valence-corrected chi connectivity index (χ4v) is 2.68. The second kappa shape index (κ2) is 8.90. The summed E-state index contributed by atoms with van der Waals surface area (Å²) in [7, 11) is 1.30. The molecule has 0 unspecified atom stereocenters. The first kappa shape index (κ1) is 20.6. The van der Waals surface area contributed by atoms with Crippen molar-refractivity contribution in [3.8, 4) is 5.75 Å². The number of carbonyl (C=O) groups is 2. The molecule has 0 fully saturated rings. The highest BCUT2D eigenvalue weighted by molar-refractivity contribution is 6.08. The number of nitro groups is 1. The number of nitrogens with zero attached hydrogens (tertiary/aromatic N) is 3. The van der Waals surface area contributed by atoms with Crippen LogP contribution in [0.2, 0.25) is 0 Å². The zero-order chi connectivity index (χ0) is 21.7. The number of carbonyl (C=O) groups excluding carboxylic acids is 2. The lowest BCUT2D eigenvalue weighted by molar-refractivity contribution is -0.385. The SMILES string of the molecule is CCn1cc(NC(=O)c2ccc(OC)c([N+](=O)[O-])c2)c(C(=O)NCc2ccco2)n1. The minimum absolute atomic E-state index is 0.0137. The molecule has 2 N–H and O–H groups in total. The fourth-order valence-electron chi connectivity index (χ4n) is 2.68. The van der Waals surface area contributed by atoms with E-state index in [1.54, 1.807) is 12.1 Å². The van der Waals surface area contributed by atoms with E-state index >= 15 is 0 Å². The molecule has 0 bridgehead atoms. The maximum Gasteiger partial charge on any atom is 0.311 e. The number of methoxy groups -OCH3 is 1. The molecule has 11 nitrogen and oxygen atoms in total. The lowest BCUT2D eigenvalue weighted by Crippen LogP contribution is -2.25. The zero-order valence-electron chi connectivity index (χ0n) is 16.2. The van der Waals surface area contributed by atoms with Crippen molar-refractivity contribution in [1.82, 2.24) is 15.1 Å². The second-order valence-electron chi connectivity index (χ2n) is 6.11. The summed E-state index contributed by atoms with van der Waals surface area (Å²) in [6, 6.07) is 7.24. The minimum atomic E-state index is -0.641. The van der Waals surface area contributed by atoms with Crippen molar-refractivity contribution in [2.45, 2.75) is 20.0 Å². The van der Waals surface area contributed by atoms with Crippen LogP contribution in [0.1, 0.15) is 33.5 Å². The van der Waals surface area contributed by atoms with Gasteiger partial charge in [0.15, 0.2) is 11.4 Å². The topological polar surface area (TPSA) is 142 Å². The van der Waals surface area contributed by atoms with Gasteiger partial charge in [0.1, 0.15) is 5.76 Å². The first-order valence-electron chi connectivity index (χ1n) is 8.94. The van der Waals surface area contributed by atoms with Crippen LogP contribution in [-0.2, 0) is 13.1 Å². The predicted molar refractivity (Wildman–Crippen MR) is 105 cm³/mol. The molecule has 0 spiro atoms. The molecule has 0 saturated heterocycles. The Bertz CT molecular complexity index is 1070. The van der Waals surface area contributed by atoms with Crippen LogP contribution in [0, 0.1) is 10.1 Å². The Kier molecular flexibility index (Phi) is 6.11. The van der Waals surface area contributed by atoms with E-state index in [1.165, 1.54) is 36.4 Å². The number of furan rings is 1. The third-order valence-electron chi connectivity index (χ3n) is 4.19. The molecule has 2 aromatic heterocycles. The third kappa shape index (κ3) is 4.46. The highest BCUT2D eigenvalue weighted by Crippen LogP contribution is 2.28. The number of benzene rings is 1. The summed E-state index contributed by atoms with van der Waals surface area (Å²) in [5, 5.41) is 20.6. The van der Waals surface area contributed by atoms with Crippen molar-refractivity contribution >= 4 is 23.2 Å². The molecular weight excluding hydrogens is 394 g/mol. The van der Waals surface area contributed by atoms with Crippen LogP contribution in [0.15, 0.2) is 47.2 Å². The number of rotatable bonds is 8. The fraction of sp³-hybridized carbons (Fsp3) is 0.211. The van der Waals surface area contributed by atoms with Gasteiger partial charge < -0.3 is 19.8 Å². The van der Waals surface area contributed by atoms with Crippen LogP contribution >= 0.6 is 0 Å². The number of hydrogen-bond acceptors (Lipinski definition) is 7. The molecule has 3 aromatic rings. The van der Waals surface area contributed by atoms with E-state index in [-0.39, 0.29) is 34.9 Å². The molecule has 11 heteroatoms. The van der Waals surface area contributed by atoms with E-state index in [9.17, 15) is 19.7 Å². The van der Waals surface area contributed by atoms with E-state index in [4.69, 9.17) is 9.15 Å². The molecule has 3 rings (SSSR count). The van der Waals surface area contributed by atoms with E-state index in [0.717, 1.165) is 6.07 Å². The van der Waals surface area contributed by atoms with Gasteiger partial charge in [-0.2, -0.15) is 5.10 Å². The van der Waals surface area contributed by atoms with Gasteiger partial charge >= 0.3 is 5.69 Å². The standard InChI is InChI=1S/C19H19N5O6/c1-3-23-11-14(17(22-23)19(26)20-10-13-5-4-8-30-13)21-18(25)12-6-7-16(29-2)15(9-12)24(27)28/h4-9,11H,3,10H2,1-2H3,(H,20,26)(H,21,25). The van der Waals surface area contributed by atoms with E-state index in [1.807, 2.05) is 6.92 Å². The molecule has 2 amide bonds. The van der Waals surface area contributed by atoms with Gasteiger partial charge in [-0.3, -0.25) is 24.4 Å². The molecule has 0 saturated carbocycles. The highest BCUT2D eigenvalue weighted by atomic mass is 16.6. The Morgan fingerprint density at radius 3 is 2.73 bits per heavy atom. The van der Waals surface area contributed by atoms with Gasteiger partial charge in [-0.05, 0) is 31.2 Å². The van der Waals surface area contributed by atoms with Crippen LogP contribution < -0.4 is 15.4 Å². The smallest absolute Gasteiger partial charge is 0.311 e. The number of aromatic nitrogens is 2. The lowest BCUT2D eigenvalue weighted by Gasteiger charge is -2.07. The molecule has 0 radical (unpaired) electrons. The van der Waals surface area contributed by atoms with Gasteiger partial charge in [0.05, 0.1) is 30.5 Å². The summed E-state index contributed by atoms with van der Waals surface area (Å²) in [4.78, 5) is 35.7. The van der Waals surface area contributed by atoms with Crippen molar-refractivity contribution in [1.29, 1.82) is 0 Å². The predicted octanol–water partition coefficient (Wildman–Crippen LogP) is 2.60. The summed E-state index contributed by atoms with van der Waals surface area (Å²) in [5.41, 5.74) is -0.114. The Hall–Kier alpha value is -4.15. The zero-order valence-corrected chi connectivity index (χ0v) is 16.2. The first-order valence-corrected chi connectivity index (χ1v) is 8.94. The lowest BCUT2D eigenvalue weighted by atomic mass is 10.1. The third-order valence-corrected chi connectivity index (χ3v) is 4.19. The Morgan fingerprint density at radius 2 is 2.10 bits per heavy atom. The molecule has 2 heterocycles. The summed E-state index contributed by atoms with van der Waals surface area (Å²) in [6.45, 7) is 2.46. The van der Waals surface area contributed by atoms with Crippen molar-refractivity contribution in [2.75, 3.05) is 12.4 Å². The Balaban J connectivity index is 1.81. The average molecular weight is 413 g/mol. The molecular formula is C19H19N5O6. The molecule has 1 aromatic carbocycles. The van der Waals surface area contributed by atoms with Crippen molar-refractivity contribution in [3.63, 3.8) is 0 Å². The van der Waals surface area contributed by atoms with Gasteiger partial charge in [0.2, 0.25) is 0 Å². The summed E-state index contributed by atoms with van der Waals surface area (Å²) in [5.74, 6) is -0.533. The van der Waals surface area contributed by atoms with Gasteiger partial charge in [-0.15, -0.1) is 0 Å². The molecule has 0 atom stereocenters. The molecule has 0 aliphatic heterocycles. The summed E-state index contributed by atoms with van der Waals surface area (Å²) < 4.78 is 11.6. The molecule has 30 heavy (non-hydrogen) atoms. The van der Waals surface area contributed by atoms with Crippen molar-refractivity contribution < 1.29 is 23.7 Å². The van der Waals surface area contributed by atoms with Gasteiger partial charge in [-0.25, -0.2) is 0 Å². The van der Waals surface area contributed by atoms with E-state index in [2.05, 4.69) is 15.7 Å². The number of ether oxygens (including phenoxy) is 1. The number of nitrogens with one attached hydrogen (secondary N) is 2. The normalized spacial score (nSPS) is 10.5. The second-order valence-corrected chi connectivity index (χ2v) is 6.11. The van der Waals surface area contributed by atoms with Gasteiger partial charge in [0, 0.05) is 24.4 Å². The van der Waals surface area contributed by atoms with E-state index < -0.39 is 16.7 Å². The van der Waals surface area contributed by atoms with E-state index in [0.29, 0.717) is 12.3 Å². The summed E-state index contributed by atoms with van der Waals surface area (Å²) >= 11 is 0. The highest BCUT2D eigenvalue weighted by Gasteiger charge is 2.22. The maximum absolute atomic E-state index is 12.6. The van der Waals surface area contributed by atoms with Gasteiger partial charge in [0.25, 0.3) is 11.8 Å². The van der Waals surface area contributed by atoms with Gasteiger partial charge in [-0.1, -0.05) is 0 Å². The Morgan fingerprint density at radius 1 is 1.30 bits per heavy atom.